The molecule has 0 unspecified atom stereocenters. The largest absolute Gasteiger partial charge is 0.399 e. The van der Waals surface area contributed by atoms with Gasteiger partial charge in [0, 0.05) is 18.0 Å². The van der Waals surface area contributed by atoms with Crippen LogP contribution in [0.1, 0.15) is 12.5 Å². The average Bonchev–Trinajstić information content (AvgIpc) is 2.19. The van der Waals surface area contributed by atoms with Gasteiger partial charge in [-0.25, -0.2) is 0 Å². The van der Waals surface area contributed by atoms with E-state index in [2.05, 4.69) is 5.32 Å². The summed E-state index contributed by atoms with van der Waals surface area (Å²) in [5, 5.41) is 2.75. The van der Waals surface area contributed by atoms with Gasteiger partial charge < -0.3 is 15.8 Å². The number of amides is 1. The molecule has 1 amide bonds. The highest BCUT2D eigenvalue weighted by molar-refractivity contribution is 5.92. The van der Waals surface area contributed by atoms with Crippen molar-refractivity contribution in [2.45, 2.75) is 13.8 Å². The molecule has 1 rings (SSSR count). The zero-order chi connectivity index (χ0) is 11.3. The Labute approximate surface area is 89.4 Å². The van der Waals surface area contributed by atoms with E-state index >= 15 is 0 Å². The Morgan fingerprint density at radius 2 is 2.27 bits per heavy atom. The SMILES string of the molecule is CCOCC(=O)Nc1ccc(N)cc1C. The molecule has 4 nitrogen and oxygen atoms in total. The highest BCUT2D eigenvalue weighted by Crippen LogP contribution is 2.17. The fraction of sp³-hybridized carbons (Fsp3) is 0.364. The van der Waals surface area contributed by atoms with Crippen LogP contribution in [-0.2, 0) is 9.53 Å². The van der Waals surface area contributed by atoms with Crippen molar-refractivity contribution in [2.75, 3.05) is 24.3 Å². The van der Waals surface area contributed by atoms with E-state index in [4.69, 9.17) is 10.5 Å². The fourth-order valence-electron chi connectivity index (χ4n) is 1.21. The highest BCUT2D eigenvalue weighted by atomic mass is 16.5. The number of nitrogen functional groups attached to an aromatic ring is 1. The predicted molar refractivity (Wildman–Crippen MR) is 60.7 cm³/mol. The monoisotopic (exact) mass is 208 g/mol. The van der Waals surface area contributed by atoms with Crippen LogP contribution in [0.5, 0.6) is 0 Å². The minimum Gasteiger partial charge on any atom is -0.399 e. The lowest BCUT2D eigenvalue weighted by Crippen LogP contribution is -2.18. The summed E-state index contributed by atoms with van der Waals surface area (Å²) >= 11 is 0. The lowest BCUT2D eigenvalue weighted by Gasteiger charge is -2.08. The molecule has 0 bridgehead atoms. The molecular weight excluding hydrogens is 192 g/mol. The number of nitrogens with two attached hydrogens (primary N) is 1. The summed E-state index contributed by atoms with van der Waals surface area (Å²) in [4.78, 5) is 11.3. The molecule has 82 valence electrons. The van der Waals surface area contributed by atoms with Crippen molar-refractivity contribution in [1.82, 2.24) is 0 Å². The Morgan fingerprint density at radius 3 is 2.87 bits per heavy atom. The van der Waals surface area contributed by atoms with Crippen molar-refractivity contribution in [3.05, 3.63) is 23.8 Å². The molecule has 0 spiro atoms. The molecule has 0 radical (unpaired) electrons. The minimum absolute atomic E-state index is 0.0836. The Hall–Kier alpha value is -1.55. The smallest absolute Gasteiger partial charge is 0.250 e. The number of ether oxygens (including phenoxy) is 1. The van der Waals surface area contributed by atoms with E-state index in [9.17, 15) is 4.79 Å². The Bertz CT molecular complexity index is 350. The van der Waals surface area contributed by atoms with Gasteiger partial charge in [0.1, 0.15) is 6.61 Å². The first kappa shape index (κ1) is 11.5. The minimum atomic E-state index is -0.148. The van der Waals surface area contributed by atoms with Gasteiger partial charge in [-0.05, 0) is 37.6 Å². The zero-order valence-corrected chi connectivity index (χ0v) is 9.04. The molecule has 4 heteroatoms. The summed E-state index contributed by atoms with van der Waals surface area (Å²) in [6, 6.07) is 5.36. The molecule has 0 saturated heterocycles. The first-order valence-corrected chi connectivity index (χ1v) is 4.87. The van der Waals surface area contributed by atoms with Crippen LogP contribution in [0.3, 0.4) is 0 Å². The van der Waals surface area contributed by atoms with Crippen molar-refractivity contribution in [2.24, 2.45) is 0 Å². The maximum atomic E-state index is 11.3. The first-order chi connectivity index (χ1) is 7.13. The summed E-state index contributed by atoms with van der Waals surface area (Å²) < 4.78 is 4.99. The Morgan fingerprint density at radius 1 is 1.53 bits per heavy atom. The molecule has 1 aromatic carbocycles. The third kappa shape index (κ3) is 3.59. The van der Waals surface area contributed by atoms with Crippen LogP contribution in [0, 0.1) is 6.92 Å². The van der Waals surface area contributed by atoms with Gasteiger partial charge in [0.15, 0.2) is 0 Å². The van der Waals surface area contributed by atoms with Gasteiger partial charge in [0.25, 0.3) is 0 Å². The number of anilines is 2. The van der Waals surface area contributed by atoms with E-state index in [-0.39, 0.29) is 12.5 Å². The van der Waals surface area contributed by atoms with Crippen LogP contribution >= 0.6 is 0 Å². The molecule has 3 N–H and O–H groups in total. The van der Waals surface area contributed by atoms with Crippen LogP contribution in [0.2, 0.25) is 0 Å². The number of hydrogen-bond acceptors (Lipinski definition) is 3. The first-order valence-electron chi connectivity index (χ1n) is 4.87. The normalized spacial score (nSPS) is 10.0. The molecule has 1 aromatic rings. The summed E-state index contributed by atoms with van der Waals surface area (Å²) in [7, 11) is 0. The van der Waals surface area contributed by atoms with E-state index in [0.29, 0.717) is 12.3 Å². The second kappa shape index (κ2) is 5.36. The summed E-state index contributed by atoms with van der Waals surface area (Å²) in [5.41, 5.74) is 8.01. The molecule has 0 aliphatic heterocycles. The topological polar surface area (TPSA) is 64.3 Å². The van der Waals surface area contributed by atoms with E-state index in [1.54, 1.807) is 12.1 Å². The van der Waals surface area contributed by atoms with E-state index in [0.717, 1.165) is 11.3 Å². The number of benzene rings is 1. The van der Waals surface area contributed by atoms with E-state index < -0.39 is 0 Å². The molecule has 0 aromatic heterocycles. The van der Waals surface area contributed by atoms with Gasteiger partial charge in [0.05, 0.1) is 0 Å². The Balaban J connectivity index is 2.60. The van der Waals surface area contributed by atoms with Crippen LogP contribution in [0.25, 0.3) is 0 Å². The molecular formula is C11H16N2O2. The van der Waals surface area contributed by atoms with Crippen molar-refractivity contribution in [3.8, 4) is 0 Å². The summed E-state index contributed by atoms with van der Waals surface area (Å²) in [6.07, 6.45) is 0. The molecule has 0 fully saturated rings. The lowest BCUT2D eigenvalue weighted by molar-refractivity contribution is -0.120. The molecule has 0 saturated carbocycles. The van der Waals surface area contributed by atoms with Crippen LogP contribution < -0.4 is 11.1 Å². The van der Waals surface area contributed by atoms with Gasteiger partial charge in [-0.3, -0.25) is 4.79 Å². The van der Waals surface area contributed by atoms with Crippen LogP contribution in [-0.4, -0.2) is 19.1 Å². The number of carbonyl (C=O) groups is 1. The maximum Gasteiger partial charge on any atom is 0.250 e. The van der Waals surface area contributed by atoms with E-state index in [1.807, 2.05) is 19.9 Å². The van der Waals surface area contributed by atoms with Crippen molar-refractivity contribution in [3.63, 3.8) is 0 Å². The van der Waals surface area contributed by atoms with Gasteiger partial charge in [0.2, 0.25) is 5.91 Å². The summed E-state index contributed by atoms with van der Waals surface area (Å²) in [6.45, 7) is 4.36. The van der Waals surface area contributed by atoms with Crippen molar-refractivity contribution < 1.29 is 9.53 Å². The lowest BCUT2D eigenvalue weighted by atomic mass is 10.2. The summed E-state index contributed by atoms with van der Waals surface area (Å²) in [5.74, 6) is -0.148. The zero-order valence-electron chi connectivity index (χ0n) is 9.04. The third-order valence-corrected chi connectivity index (χ3v) is 1.96. The average molecular weight is 208 g/mol. The van der Waals surface area contributed by atoms with Gasteiger partial charge in [-0.1, -0.05) is 0 Å². The number of nitrogens with one attached hydrogen (secondary N) is 1. The maximum absolute atomic E-state index is 11.3. The quantitative estimate of drug-likeness (QED) is 0.738. The molecule has 0 atom stereocenters. The second-order valence-corrected chi connectivity index (χ2v) is 3.26. The molecule has 15 heavy (non-hydrogen) atoms. The van der Waals surface area contributed by atoms with Crippen molar-refractivity contribution >= 4 is 17.3 Å². The molecule has 0 aliphatic carbocycles. The van der Waals surface area contributed by atoms with Gasteiger partial charge in [-0.15, -0.1) is 0 Å². The molecule has 0 heterocycles. The van der Waals surface area contributed by atoms with Crippen LogP contribution in [0.4, 0.5) is 11.4 Å². The number of rotatable bonds is 4. The van der Waals surface area contributed by atoms with Gasteiger partial charge >= 0.3 is 0 Å². The van der Waals surface area contributed by atoms with Gasteiger partial charge in [-0.2, -0.15) is 0 Å². The number of hydrogen-bond donors (Lipinski definition) is 2. The Kier molecular flexibility index (Phi) is 4.12. The second-order valence-electron chi connectivity index (χ2n) is 3.26. The fourth-order valence-corrected chi connectivity index (χ4v) is 1.21. The molecule has 0 aliphatic rings. The van der Waals surface area contributed by atoms with Crippen LogP contribution in [0.15, 0.2) is 18.2 Å². The highest BCUT2D eigenvalue weighted by Gasteiger charge is 2.04. The predicted octanol–water partition coefficient (Wildman–Crippen LogP) is 1.55. The standard InChI is InChI=1S/C11H16N2O2/c1-3-15-7-11(14)13-10-5-4-9(12)6-8(10)2/h4-6H,3,7,12H2,1-2H3,(H,13,14). The van der Waals surface area contributed by atoms with Crippen molar-refractivity contribution in [1.29, 1.82) is 0 Å². The number of carbonyl (C=O) groups excluding carboxylic acids is 1. The third-order valence-electron chi connectivity index (χ3n) is 1.96. The number of aryl methyl sites for hydroxylation is 1. The van der Waals surface area contributed by atoms with E-state index in [1.165, 1.54) is 0 Å².